The van der Waals surface area contributed by atoms with Crippen LogP contribution in [0.1, 0.15) is 19.4 Å². The first-order chi connectivity index (χ1) is 16.1. The zero-order chi connectivity index (χ0) is 25.3. The Morgan fingerprint density at radius 3 is 2.18 bits per heavy atom. The largest absolute Gasteiger partial charge is 0.497 e. The second kappa shape index (κ2) is 8.87. The van der Waals surface area contributed by atoms with Gasteiger partial charge in [0, 0.05) is 12.0 Å². The fourth-order valence-corrected chi connectivity index (χ4v) is 3.12. The van der Waals surface area contributed by atoms with Crippen molar-refractivity contribution in [1.29, 1.82) is 0 Å². The number of carbonyl (C=O) groups excluding carboxylic acids is 1. The minimum Gasteiger partial charge on any atom is -0.497 e. The van der Waals surface area contributed by atoms with Crippen molar-refractivity contribution in [2.75, 3.05) is 35.0 Å². The molecule has 6 nitrogen and oxygen atoms in total. The number of cyclic esters (lactones) is 1. The average molecular weight is 392 g/mol. The van der Waals surface area contributed by atoms with Gasteiger partial charge in [-0.15, -0.1) is 0 Å². The van der Waals surface area contributed by atoms with Gasteiger partial charge in [-0.1, -0.05) is 6.04 Å². The molecule has 150 valence electrons. The van der Waals surface area contributed by atoms with E-state index in [-0.39, 0.29) is 89.8 Å². The van der Waals surface area contributed by atoms with Crippen molar-refractivity contribution in [1.82, 2.24) is 0 Å². The Labute approximate surface area is 173 Å². The molecule has 0 spiro atoms. The maximum atomic E-state index is 12.6. The van der Waals surface area contributed by atoms with Gasteiger partial charge in [0.25, 0.3) is 0 Å². The molecular weight excluding hydrogens is 360 g/mol. The zero-order valence-corrected chi connectivity index (χ0v) is 16.2. The first-order valence-electron chi connectivity index (χ1n) is 11.7. The van der Waals surface area contributed by atoms with E-state index in [2.05, 4.69) is 0 Å². The van der Waals surface area contributed by atoms with Crippen LogP contribution >= 0.6 is 0 Å². The van der Waals surface area contributed by atoms with E-state index >= 15 is 0 Å². The van der Waals surface area contributed by atoms with E-state index in [1.165, 1.54) is 28.4 Å². The van der Waals surface area contributed by atoms with Gasteiger partial charge in [-0.3, -0.25) is 4.79 Å². The molecule has 1 saturated heterocycles. The molecule has 1 heterocycles. The second-order valence-corrected chi connectivity index (χ2v) is 6.24. The molecule has 6 heteroatoms. The highest BCUT2D eigenvalue weighted by molar-refractivity contribution is 5.75. The zero-order valence-electron chi connectivity index (χ0n) is 22.2. The molecule has 0 bridgehead atoms. The molecule has 1 fully saturated rings. The highest BCUT2D eigenvalue weighted by Crippen LogP contribution is 2.34. The van der Waals surface area contributed by atoms with E-state index in [0.717, 1.165) is 0 Å². The third-order valence-corrected chi connectivity index (χ3v) is 4.57. The molecule has 28 heavy (non-hydrogen) atoms. The molecular formula is C22H26O6. The summed E-state index contributed by atoms with van der Waals surface area (Å²) < 4.78 is 76.0. The molecule has 0 saturated carbocycles. The Balaban J connectivity index is 2.03. The SMILES string of the molecule is [2H]c1c([2H])c(OC)c(OC)c([2H])c1C[C@H]1COC(=O)[C@@H]1Cc1c([2H])c(OC)c([2H])c(OC)c1[2H]. The number of hydrogen-bond acceptors (Lipinski definition) is 6. The lowest BCUT2D eigenvalue weighted by atomic mass is 9.85. The van der Waals surface area contributed by atoms with Crippen LogP contribution in [-0.4, -0.2) is 41.0 Å². The van der Waals surface area contributed by atoms with Crippen LogP contribution in [-0.2, 0) is 22.4 Å². The standard InChI is InChI=1S/C22H26O6/c1-24-17-8-15(9-18(12-17)25-2)10-19-16(13-28-22(19)23)7-14-5-6-20(26-3)21(11-14)27-4/h5-6,8-9,11-12,16,19H,7,10,13H2,1-4H3/t16-,19+/m0/s1/i5D,6D,8D,9D,11D,12D. The van der Waals surface area contributed by atoms with Crippen LogP contribution in [0.5, 0.6) is 23.0 Å². The second-order valence-electron chi connectivity index (χ2n) is 6.24. The summed E-state index contributed by atoms with van der Waals surface area (Å²) in [4.78, 5) is 12.6. The minimum atomic E-state index is -0.778. The Hall–Kier alpha value is -2.89. The van der Waals surface area contributed by atoms with E-state index in [4.69, 9.17) is 31.9 Å². The van der Waals surface area contributed by atoms with Crippen LogP contribution in [0.3, 0.4) is 0 Å². The number of carbonyl (C=O) groups is 1. The Bertz CT molecular complexity index is 1090. The van der Waals surface area contributed by atoms with Gasteiger partial charge in [-0.2, -0.15) is 0 Å². The highest BCUT2D eigenvalue weighted by Gasteiger charge is 2.37. The molecule has 0 aliphatic carbocycles. The Morgan fingerprint density at radius 1 is 0.893 bits per heavy atom. The highest BCUT2D eigenvalue weighted by atomic mass is 16.5. The maximum Gasteiger partial charge on any atom is 0.309 e. The molecule has 1 aliphatic heterocycles. The molecule has 2 aromatic rings. The van der Waals surface area contributed by atoms with Crippen LogP contribution in [0.25, 0.3) is 0 Å². The maximum absolute atomic E-state index is 12.6. The molecule has 0 aromatic heterocycles. The summed E-state index contributed by atoms with van der Waals surface area (Å²) in [6.07, 6.45) is 0.0294. The summed E-state index contributed by atoms with van der Waals surface area (Å²) in [5.41, 5.74) is 0.383. The monoisotopic (exact) mass is 392 g/mol. The Kier molecular flexibility index (Phi) is 4.22. The summed E-state index contributed by atoms with van der Waals surface area (Å²) in [6, 6.07) is -1.13. The van der Waals surface area contributed by atoms with Crippen molar-refractivity contribution < 1.29 is 36.7 Å². The van der Waals surface area contributed by atoms with Gasteiger partial charge >= 0.3 is 5.97 Å². The van der Waals surface area contributed by atoms with Gasteiger partial charge in [0.05, 0.1) is 49.2 Å². The molecule has 3 rings (SSSR count). The molecule has 0 radical (unpaired) electrons. The summed E-state index contributed by atoms with van der Waals surface area (Å²) in [5, 5.41) is 0. The fourth-order valence-electron chi connectivity index (χ4n) is 3.12. The molecule has 1 aliphatic rings. The number of esters is 1. The normalized spacial score (nSPS) is 21.5. The van der Waals surface area contributed by atoms with Crippen LogP contribution in [0.4, 0.5) is 0 Å². The van der Waals surface area contributed by atoms with Crippen molar-refractivity contribution in [3.05, 3.63) is 47.4 Å². The molecule has 2 atom stereocenters. The quantitative estimate of drug-likeness (QED) is 0.643. The molecule has 0 amide bonds. The van der Waals surface area contributed by atoms with Gasteiger partial charge in [0.1, 0.15) is 11.5 Å². The van der Waals surface area contributed by atoms with Crippen LogP contribution < -0.4 is 18.9 Å². The van der Waals surface area contributed by atoms with Gasteiger partial charge < -0.3 is 23.7 Å². The topological polar surface area (TPSA) is 63.2 Å². The van der Waals surface area contributed by atoms with E-state index in [1.54, 1.807) is 0 Å². The van der Waals surface area contributed by atoms with Gasteiger partial charge in [0.2, 0.25) is 0 Å². The first-order valence-corrected chi connectivity index (χ1v) is 8.70. The van der Waals surface area contributed by atoms with Gasteiger partial charge in [-0.25, -0.2) is 0 Å². The van der Waals surface area contributed by atoms with E-state index < -0.39 is 17.8 Å². The van der Waals surface area contributed by atoms with Crippen molar-refractivity contribution in [2.24, 2.45) is 11.8 Å². The smallest absolute Gasteiger partial charge is 0.309 e. The summed E-state index contributed by atoms with van der Waals surface area (Å²) in [5.74, 6) is -1.89. The summed E-state index contributed by atoms with van der Waals surface area (Å²) in [7, 11) is 5.30. The number of ether oxygens (including phenoxy) is 5. The number of methoxy groups -OCH3 is 4. The first kappa shape index (κ1) is 13.3. The third kappa shape index (κ3) is 4.32. The van der Waals surface area contributed by atoms with Gasteiger partial charge in [0.15, 0.2) is 11.5 Å². The average Bonchev–Trinajstić information content (AvgIpc) is 3.15. The van der Waals surface area contributed by atoms with Crippen LogP contribution in [0.15, 0.2) is 36.3 Å². The van der Waals surface area contributed by atoms with Crippen LogP contribution in [0, 0.1) is 11.8 Å². The third-order valence-electron chi connectivity index (χ3n) is 4.57. The molecule has 2 aromatic carbocycles. The predicted molar refractivity (Wildman–Crippen MR) is 104 cm³/mol. The van der Waals surface area contributed by atoms with Crippen molar-refractivity contribution in [3.8, 4) is 23.0 Å². The summed E-state index contributed by atoms with van der Waals surface area (Å²) >= 11 is 0. The Morgan fingerprint density at radius 2 is 1.57 bits per heavy atom. The lowest BCUT2D eigenvalue weighted by Crippen LogP contribution is -2.20. The van der Waals surface area contributed by atoms with E-state index in [9.17, 15) is 4.79 Å². The van der Waals surface area contributed by atoms with Crippen molar-refractivity contribution >= 4 is 5.97 Å². The predicted octanol–water partition coefficient (Wildman–Crippen LogP) is 3.30. The fraction of sp³-hybridized carbons (Fsp3) is 0.409. The minimum absolute atomic E-state index is 0.0103. The van der Waals surface area contributed by atoms with E-state index in [0.29, 0.717) is 0 Å². The lowest BCUT2D eigenvalue weighted by molar-refractivity contribution is -0.141. The van der Waals surface area contributed by atoms with Crippen molar-refractivity contribution in [3.63, 3.8) is 0 Å². The number of rotatable bonds is 8. The lowest BCUT2D eigenvalue weighted by Gasteiger charge is -2.17. The molecule has 0 unspecified atom stereocenters. The van der Waals surface area contributed by atoms with Gasteiger partial charge in [-0.05, 0) is 48.1 Å². The van der Waals surface area contributed by atoms with Crippen molar-refractivity contribution in [2.45, 2.75) is 12.8 Å². The summed E-state index contributed by atoms with van der Waals surface area (Å²) in [6.45, 7) is 0.0233. The van der Waals surface area contributed by atoms with E-state index in [1.807, 2.05) is 0 Å². The number of benzene rings is 2. The number of hydrogen-bond donors (Lipinski definition) is 0. The van der Waals surface area contributed by atoms with Crippen LogP contribution in [0.2, 0.25) is 0 Å². The molecule has 0 N–H and O–H groups in total.